The molecule has 112 valence electrons. The minimum absolute atomic E-state index is 0. The Morgan fingerprint density at radius 3 is 0.833 bits per heavy atom. The lowest BCUT2D eigenvalue weighted by atomic mass is 9.93. The molecule has 4 unspecified atom stereocenters. The molecule has 0 aromatic heterocycles. The SMILES string of the molecule is CCC(C)[N+](C(C)CC)(C(C)CC)C(C)CC.[OH-]. The number of rotatable bonds is 8. The zero-order chi connectivity index (χ0) is 13.6. The highest BCUT2D eigenvalue weighted by Gasteiger charge is 2.45. The van der Waals surface area contributed by atoms with Gasteiger partial charge in [0, 0.05) is 0 Å². The first-order valence-electron chi connectivity index (χ1n) is 7.80. The third-order valence-corrected chi connectivity index (χ3v) is 5.42. The molecule has 0 radical (unpaired) electrons. The lowest BCUT2D eigenvalue weighted by Crippen LogP contribution is -2.68. The molecule has 0 bridgehead atoms. The first-order chi connectivity index (χ1) is 7.93. The summed E-state index contributed by atoms with van der Waals surface area (Å²) >= 11 is 0. The summed E-state index contributed by atoms with van der Waals surface area (Å²) in [6.45, 7) is 19.3. The number of hydrogen-bond acceptors (Lipinski definition) is 1. The molecule has 0 aromatic carbocycles. The van der Waals surface area contributed by atoms with E-state index >= 15 is 0 Å². The van der Waals surface area contributed by atoms with Gasteiger partial charge in [0.05, 0.1) is 24.2 Å². The molecule has 1 N–H and O–H groups in total. The predicted octanol–water partition coefficient (Wildman–Crippen LogP) is 4.82. The summed E-state index contributed by atoms with van der Waals surface area (Å²) in [4.78, 5) is 0. The molecule has 0 aliphatic heterocycles. The van der Waals surface area contributed by atoms with Crippen molar-refractivity contribution in [3.63, 3.8) is 0 Å². The van der Waals surface area contributed by atoms with Gasteiger partial charge in [-0.25, -0.2) is 0 Å². The van der Waals surface area contributed by atoms with Gasteiger partial charge in [-0.05, 0) is 53.4 Å². The van der Waals surface area contributed by atoms with Crippen LogP contribution in [0.5, 0.6) is 0 Å². The second kappa shape index (κ2) is 8.92. The van der Waals surface area contributed by atoms with Gasteiger partial charge in [-0.1, -0.05) is 27.7 Å². The summed E-state index contributed by atoms with van der Waals surface area (Å²) < 4.78 is 1.32. The number of nitrogens with zero attached hydrogens (tertiary/aromatic N) is 1. The van der Waals surface area contributed by atoms with Crippen molar-refractivity contribution in [3.8, 4) is 0 Å². The molecule has 0 rings (SSSR count). The molecule has 4 atom stereocenters. The zero-order valence-corrected chi connectivity index (χ0v) is 14.0. The second-order valence-corrected chi connectivity index (χ2v) is 5.92. The number of quaternary nitrogens is 1. The van der Waals surface area contributed by atoms with Crippen LogP contribution in [0, 0.1) is 0 Å². The minimum atomic E-state index is 0. The third kappa shape index (κ3) is 3.48. The summed E-state index contributed by atoms with van der Waals surface area (Å²) in [6, 6.07) is 3.09. The molecule has 18 heavy (non-hydrogen) atoms. The average Bonchev–Trinajstić information content (AvgIpc) is 2.37. The quantitative estimate of drug-likeness (QED) is 0.575. The monoisotopic (exact) mass is 259 g/mol. The van der Waals surface area contributed by atoms with Crippen LogP contribution in [0.2, 0.25) is 0 Å². The molecule has 2 nitrogen and oxygen atoms in total. The first kappa shape index (κ1) is 20.2. The Hall–Kier alpha value is -0.0800. The van der Waals surface area contributed by atoms with Crippen LogP contribution in [0.4, 0.5) is 0 Å². The van der Waals surface area contributed by atoms with E-state index in [0.717, 1.165) is 24.2 Å². The first-order valence-corrected chi connectivity index (χ1v) is 7.80. The highest BCUT2D eigenvalue weighted by Crippen LogP contribution is 2.34. The van der Waals surface area contributed by atoms with Crippen molar-refractivity contribution in [3.05, 3.63) is 0 Å². The van der Waals surface area contributed by atoms with Gasteiger partial charge >= 0.3 is 0 Å². The maximum absolute atomic E-state index is 2.46. The maximum atomic E-state index is 2.46. The van der Waals surface area contributed by atoms with Crippen LogP contribution < -0.4 is 0 Å². The van der Waals surface area contributed by atoms with Crippen LogP contribution in [0.1, 0.15) is 81.1 Å². The lowest BCUT2D eigenvalue weighted by Gasteiger charge is -2.55. The number of hydrogen-bond donors (Lipinski definition) is 0. The van der Waals surface area contributed by atoms with E-state index in [0.29, 0.717) is 0 Å². The lowest BCUT2D eigenvalue weighted by molar-refractivity contribution is -1.01. The van der Waals surface area contributed by atoms with Crippen LogP contribution in [-0.2, 0) is 0 Å². The van der Waals surface area contributed by atoms with Gasteiger partial charge in [-0.2, -0.15) is 0 Å². The molecule has 0 heterocycles. The molecule has 0 spiro atoms. The van der Waals surface area contributed by atoms with Gasteiger partial charge in [0.25, 0.3) is 0 Å². The van der Waals surface area contributed by atoms with E-state index in [1.54, 1.807) is 0 Å². The Bertz CT molecular complexity index is 160. The Morgan fingerprint density at radius 2 is 0.722 bits per heavy atom. The highest BCUT2D eigenvalue weighted by atomic mass is 16.0. The molecule has 0 fully saturated rings. The van der Waals surface area contributed by atoms with Crippen LogP contribution >= 0.6 is 0 Å². The molecule has 0 saturated heterocycles. The highest BCUT2D eigenvalue weighted by molar-refractivity contribution is 4.69. The molecule has 0 aliphatic carbocycles. The van der Waals surface area contributed by atoms with Crippen molar-refractivity contribution in [1.82, 2.24) is 0 Å². The van der Waals surface area contributed by atoms with E-state index in [9.17, 15) is 0 Å². The fourth-order valence-electron chi connectivity index (χ4n) is 3.87. The van der Waals surface area contributed by atoms with E-state index in [4.69, 9.17) is 0 Å². The van der Waals surface area contributed by atoms with Crippen molar-refractivity contribution >= 4 is 0 Å². The molecular weight excluding hydrogens is 222 g/mol. The van der Waals surface area contributed by atoms with Crippen LogP contribution in [0.15, 0.2) is 0 Å². The van der Waals surface area contributed by atoms with Crippen molar-refractivity contribution in [2.45, 2.75) is 105 Å². The Labute approximate surface area is 116 Å². The van der Waals surface area contributed by atoms with Crippen LogP contribution in [0.25, 0.3) is 0 Å². The standard InChI is InChI=1S/C16H36N.H2O/c1-9-13(5)17(14(6)10-2,15(7)11-3)16(8)12-4;/h13-16H,9-12H2,1-8H3;1H2/q+1;/p-1. The summed E-state index contributed by atoms with van der Waals surface area (Å²) in [5, 5.41) is 0. The summed E-state index contributed by atoms with van der Waals surface area (Å²) in [6.07, 6.45) is 5.16. The molecule has 2 heteroatoms. The second-order valence-electron chi connectivity index (χ2n) is 5.92. The van der Waals surface area contributed by atoms with E-state index in [2.05, 4.69) is 55.4 Å². The molecule has 0 amide bonds. The van der Waals surface area contributed by atoms with Gasteiger partial charge in [0.15, 0.2) is 0 Å². The topological polar surface area (TPSA) is 30.0 Å². The van der Waals surface area contributed by atoms with Crippen molar-refractivity contribution < 1.29 is 9.96 Å². The Kier molecular flexibility index (Phi) is 10.0. The van der Waals surface area contributed by atoms with E-state index < -0.39 is 0 Å². The van der Waals surface area contributed by atoms with Gasteiger partial charge in [0.1, 0.15) is 0 Å². The van der Waals surface area contributed by atoms with Crippen molar-refractivity contribution in [2.75, 3.05) is 0 Å². The predicted molar refractivity (Wildman–Crippen MR) is 81.2 cm³/mol. The normalized spacial score (nSPS) is 21.3. The molecule has 0 aliphatic rings. The summed E-state index contributed by atoms with van der Waals surface area (Å²) in [5.41, 5.74) is 0. The molecular formula is C16H37NO. The van der Waals surface area contributed by atoms with Gasteiger partial charge in [-0.15, -0.1) is 0 Å². The van der Waals surface area contributed by atoms with E-state index in [1.807, 2.05) is 0 Å². The smallest absolute Gasteiger partial charge is 0.0865 e. The third-order valence-electron chi connectivity index (χ3n) is 5.42. The van der Waals surface area contributed by atoms with Crippen LogP contribution in [-0.4, -0.2) is 34.1 Å². The molecule has 0 saturated carbocycles. The fraction of sp³-hybridized carbons (Fsp3) is 1.00. The van der Waals surface area contributed by atoms with E-state index in [1.165, 1.54) is 30.2 Å². The van der Waals surface area contributed by atoms with Crippen LogP contribution in [0.3, 0.4) is 0 Å². The Morgan fingerprint density at radius 1 is 0.556 bits per heavy atom. The van der Waals surface area contributed by atoms with Crippen molar-refractivity contribution in [1.29, 1.82) is 0 Å². The largest absolute Gasteiger partial charge is 0.870 e. The fourth-order valence-corrected chi connectivity index (χ4v) is 3.87. The maximum Gasteiger partial charge on any atom is 0.0865 e. The van der Waals surface area contributed by atoms with Gasteiger partial charge in [-0.3, -0.25) is 0 Å². The summed E-state index contributed by atoms with van der Waals surface area (Å²) in [7, 11) is 0. The molecule has 0 aromatic rings. The Balaban J connectivity index is 0. The van der Waals surface area contributed by atoms with Crippen molar-refractivity contribution in [2.24, 2.45) is 0 Å². The van der Waals surface area contributed by atoms with Gasteiger partial charge < -0.3 is 9.96 Å². The minimum Gasteiger partial charge on any atom is -0.870 e. The zero-order valence-electron chi connectivity index (χ0n) is 14.0. The summed E-state index contributed by atoms with van der Waals surface area (Å²) in [5.74, 6) is 0. The average molecular weight is 259 g/mol. The van der Waals surface area contributed by atoms with E-state index in [-0.39, 0.29) is 5.48 Å². The van der Waals surface area contributed by atoms with Gasteiger partial charge in [0.2, 0.25) is 0 Å².